The molecule has 2 aromatic rings. The molecule has 0 radical (unpaired) electrons. The highest BCUT2D eigenvalue weighted by atomic mass is 16.6. The third-order valence-corrected chi connectivity index (χ3v) is 6.43. The number of hydrogen-bond donors (Lipinski definition) is 0. The largest absolute Gasteiger partial charge is 0.486 e. The Morgan fingerprint density at radius 2 is 1.90 bits per heavy atom. The fraction of sp³-hybridized carbons (Fsp3) is 0.458. The fourth-order valence-corrected chi connectivity index (χ4v) is 4.87. The summed E-state index contributed by atoms with van der Waals surface area (Å²) in [5.41, 5.74) is 5.38. The van der Waals surface area contributed by atoms with Gasteiger partial charge in [-0.15, -0.1) is 0 Å². The molecule has 1 amide bonds. The molecule has 0 bridgehead atoms. The lowest BCUT2D eigenvalue weighted by molar-refractivity contribution is -0.129. The number of nitrogens with zero attached hydrogens (tertiary/aromatic N) is 2. The van der Waals surface area contributed by atoms with Gasteiger partial charge in [0.05, 0.1) is 0 Å². The van der Waals surface area contributed by atoms with Crippen LogP contribution in [0.4, 0.5) is 0 Å². The predicted octanol–water partition coefficient (Wildman–Crippen LogP) is 3.70. The Morgan fingerprint density at radius 1 is 1.03 bits per heavy atom. The van der Waals surface area contributed by atoms with Crippen LogP contribution in [0.25, 0.3) is 0 Å². The quantitative estimate of drug-likeness (QED) is 0.799. The second kappa shape index (κ2) is 7.71. The van der Waals surface area contributed by atoms with E-state index in [2.05, 4.69) is 41.3 Å². The molecule has 29 heavy (non-hydrogen) atoms. The van der Waals surface area contributed by atoms with E-state index in [0.29, 0.717) is 19.3 Å². The van der Waals surface area contributed by atoms with Crippen LogP contribution in [0.15, 0.2) is 36.4 Å². The van der Waals surface area contributed by atoms with E-state index in [-0.39, 0.29) is 5.91 Å². The first-order chi connectivity index (χ1) is 14.2. The first kappa shape index (κ1) is 18.5. The Labute approximate surface area is 172 Å². The molecule has 0 spiro atoms. The Morgan fingerprint density at radius 3 is 2.76 bits per heavy atom. The number of benzene rings is 2. The lowest BCUT2D eigenvalue weighted by Gasteiger charge is -2.29. The smallest absolute Gasteiger partial charge is 0.219 e. The first-order valence-corrected chi connectivity index (χ1v) is 10.7. The minimum Gasteiger partial charge on any atom is -0.486 e. The van der Waals surface area contributed by atoms with Gasteiger partial charge in [0.2, 0.25) is 5.91 Å². The maximum atomic E-state index is 11.7. The average Bonchev–Trinajstić information content (AvgIpc) is 3.21. The van der Waals surface area contributed by atoms with Gasteiger partial charge in [-0.25, -0.2) is 0 Å². The van der Waals surface area contributed by atoms with Crippen molar-refractivity contribution in [2.75, 3.05) is 26.3 Å². The molecule has 3 aliphatic rings. The van der Waals surface area contributed by atoms with Gasteiger partial charge in [0, 0.05) is 32.6 Å². The summed E-state index contributed by atoms with van der Waals surface area (Å²) >= 11 is 0. The van der Waals surface area contributed by atoms with Crippen molar-refractivity contribution < 1.29 is 14.3 Å². The number of likely N-dealkylation sites (tertiary alicyclic amines) is 1. The van der Waals surface area contributed by atoms with Crippen LogP contribution in [0.2, 0.25) is 0 Å². The molecular formula is C24H28N2O3. The van der Waals surface area contributed by atoms with Crippen LogP contribution in [-0.2, 0) is 24.3 Å². The minimum atomic E-state index is 0.166. The van der Waals surface area contributed by atoms with E-state index in [1.54, 1.807) is 6.92 Å². The van der Waals surface area contributed by atoms with Gasteiger partial charge < -0.3 is 14.4 Å². The summed E-state index contributed by atoms with van der Waals surface area (Å²) in [5, 5.41) is 0. The van der Waals surface area contributed by atoms with Crippen molar-refractivity contribution in [3.05, 3.63) is 58.7 Å². The highest BCUT2D eigenvalue weighted by Gasteiger charge is 2.28. The molecule has 0 aromatic heterocycles. The fourth-order valence-electron chi connectivity index (χ4n) is 4.87. The number of amides is 1. The van der Waals surface area contributed by atoms with E-state index in [0.717, 1.165) is 44.1 Å². The molecule has 1 atom stereocenters. The lowest BCUT2D eigenvalue weighted by Crippen LogP contribution is -2.34. The van der Waals surface area contributed by atoms with Gasteiger partial charge in [0.1, 0.15) is 13.2 Å². The Balaban J connectivity index is 1.32. The molecule has 0 saturated carbocycles. The van der Waals surface area contributed by atoms with E-state index in [1.165, 1.54) is 35.1 Å². The summed E-state index contributed by atoms with van der Waals surface area (Å²) in [6, 6.07) is 13.7. The molecule has 0 unspecified atom stereocenters. The molecule has 0 N–H and O–H groups in total. The number of carbonyl (C=O) groups is 1. The van der Waals surface area contributed by atoms with Crippen LogP contribution >= 0.6 is 0 Å². The van der Waals surface area contributed by atoms with Crippen LogP contribution in [-0.4, -0.2) is 42.0 Å². The molecule has 3 aliphatic heterocycles. The molecule has 0 aliphatic carbocycles. The van der Waals surface area contributed by atoms with Crippen molar-refractivity contribution in [2.45, 2.75) is 45.3 Å². The summed E-state index contributed by atoms with van der Waals surface area (Å²) < 4.78 is 11.5. The van der Waals surface area contributed by atoms with Crippen LogP contribution in [0.5, 0.6) is 11.5 Å². The van der Waals surface area contributed by atoms with Gasteiger partial charge in [0.25, 0.3) is 0 Å². The van der Waals surface area contributed by atoms with Crippen LogP contribution < -0.4 is 9.47 Å². The highest BCUT2D eigenvalue weighted by molar-refractivity contribution is 5.73. The summed E-state index contributed by atoms with van der Waals surface area (Å²) in [5.74, 6) is 1.90. The second-order valence-electron chi connectivity index (χ2n) is 8.33. The summed E-state index contributed by atoms with van der Waals surface area (Å²) in [7, 11) is 0. The van der Waals surface area contributed by atoms with Gasteiger partial charge in [0.15, 0.2) is 11.5 Å². The molecule has 3 heterocycles. The highest BCUT2D eigenvalue weighted by Crippen LogP contribution is 2.38. The Hall–Kier alpha value is -2.53. The molecule has 1 fully saturated rings. The summed E-state index contributed by atoms with van der Waals surface area (Å²) in [4.78, 5) is 16.2. The summed E-state index contributed by atoms with van der Waals surface area (Å²) in [6.45, 7) is 6.57. The molecule has 5 nitrogen and oxygen atoms in total. The third kappa shape index (κ3) is 3.71. The van der Waals surface area contributed by atoms with Crippen molar-refractivity contribution in [3.8, 4) is 11.5 Å². The SMILES string of the molecule is CC(=O)N1CCc2cc(CN3CCC[C@H]3c3ccc4c(c3)OCCO4)ccc2C1. The van der Waals surface area contributed by atoms with Crippen molar-refractivity contribution in [1.29, 1.82) is 0 Å². The van der Waals surface area contributed by atoms with Crippen molar-refractivity contribution in [2.24, 2.45) is 0 Å². The maximum Gasteiger partial charge on any atom is 0.219 e. The lowest BCUT2D eigenvalue weighted by atomic mass is 9.96. The minimum absolute atomic E-state index is 0.166. The van der Waals surface area contributed by atoms with Gasteiger partial charge in [-0.05, 0) is 60.2 Å². The van der Waals surface area contributed by atoms with Crippen molar-refractivity contribution in [1.82, 2.24) is 9.80 Å². The monoisotopic (exact) mass is 392 g/mol. The normalized spacial score (nSPS) is 21.1. The van der Waals surface area contributed by atoms with Crippen molar-refractivity contribution in [3.63, 3.8) is 0 Å². The van der Waals surface area contributed by atoms with E-state index >= 15 is 0 Å². The number of carbonyl (C=O) groups excluding carboxylic acids is 1. The van der Waals surface area contributed by atoms with Crippen LogP contribution in [0, 0.1) is 0 Å². The van der Waals surface area contributed by atoms with Crippen molar-refractivity contribution >= 4 is 5.91 Å². The van der Waals surface area contributed by atoms with E-state index in [4.69, 9.17) is 9.47 Å². The van der Waals surface area contributed by atoms with Gasteiger partial charge in [-0.3, -0.25) is 9.69 Å². The average molecular weight is 392 g/mol. The number of fused-ring (bicyclic) bond motifs is 2. The Bertz CT molecular complexity index is 926. The molecule has 1 saturated heterocycles. The standard InChI is InChI=1S/C24H28N2O3/c1-17(27)25-10-8-19-13-18(4-5-21(19)16-25)15-26-9-2-3-22(26)20-6-7-23-24(14-20)29-12-11-28-23/h4-7,13-14,22H,2-3,8-12,15-16H2,1H3/t22-/m0/s1. The van der Waals surface area contributed by atoms with E-state index in [1.807, 2.05) is 4.90 Å². The molecule has 5 rings (SSSR count). The number of ether oxygens (including phenoxy) is 2. The Kier molecular flexibility index (Phi) is 4.92. The first-order valence-electron chi connectivity index (χ1n) is 10.7. The van der Waals surface area contributed by atoms with Gasteiger partial charge in [-0.1, -0.05) is 24.3 Å². The van der Waals surface area contributed by atoms with E-state index in [9.17, 15) is 4.79 Å². The third-order valence-electron chi connectivity index (χ3n) is 6.43. The summed E-state index contributed by atoms with van der Waals surface area (Å²) in [6.07, 6.45) is 3.35. The van der Waals surface area contributed by atoms with Crippen LogP contribution in [0.3, 0.4) is 0 Å². The molecule has 152 valence electrons. The zero-order chi connectivity index (χ0) is 19.8. The predicted molar refractivity (Wildman–Crippen MR) is 111 cm³/mol. The molecule has 5 heteroatoms. The maximum absolute atomic E-state index is 11.7. The molecule has 2 aromatic carbocycles. The second-order valence-corrected chi connectivity index (χ2v) is 8.33. The van der Waals surface area contributed by atoms with Crippen LogP contribution in [0.1, 0.15) is 48.1 Å². The van der Waals surface area contributed by atoms with Gasteiger partial charge >= 0.3 is 0 Å². The van der Waals surface area contributed by atoms with E-state index < -0.39 is 0 Å². The van der Waals surface area contributed by atoms with Gasteiger partial charge in [-0.2, -0.15) is 0 Å². The number of rotatable bonds is 3. The zero-order valence-electron chi connectivity index (χ0n) is 17.0. The topological polar surface area (TPSA) is 42.0 Å². The number of hydrogen-bond acceptors (Lipinski definition) is 4. The zero-order valence-corrected chi connectivity index (χ0v) is 17.0. The molecular weight excluding hydrogens is 364 g/mol.